The lowest BCUT2D eigenvalue weighted by molar-refractivity contribution is 0.0705. The van der Waals surface area contributed by atoms with Crippen molar-refractivity contribution in [2.75, 3.05) is 33.9 Å². The molecule has 19 heavy (non-hydrogen) atoms. The van der Waals surface area contributed by atoms with Crippen LogP contribution in [-0.4, -0.2) is 50.7 Å². The van der Waals surface area contributed by atoms with Crippen molar-refractivity contribution in [1.29, 1.82) is 0 Å². The van der Waals surface area contributed by atoms with Crippen molar-refractivity contribution in [1.82, 2.24) is 10.2 Å². The van der Waals surface area contributed by atoms with Crippen molar-refractivity contribution in [3.8, 4) is 11.5 Å². The van der Waals surface area contributed by atoms with E-state index in [0.29, 0.717) is 36.2 Å². The fourth-order valence-corrected chi connectivity index (χ4v) is 2.34. The number of hydrogen-bond acceptors (Lipinski definition) is 4. The predicted octanol–water partition coefficient (Wildman–Crippen LogP) is 1.14. The van der Waals surface area contributed by atoms with Crippen molar-refractivity contribution in [3.05, 3.63) is 23.8 Å². The first-order valence-corrected chi connectivity index (χ1v) is 6.41. The number of piperazine rings is 1. The standard InChI is InChI=1S/C14H20N2O3/c1-10-9-16(8-7-15-10)14(17)11-5-4-6-12(18-2)13(11)19-3/h4-6,10,15H,7-9H2,1-3H3. The summed E-state index contributed by atoms with van der Waals surface area (Å²) in [6, 6.07) is 5.68. The molecule has 1 aliphatic rings. The van der Waals surface area contributed by atoms with Crippen LogP contribution in [0.15, 0.2) is 18.2 Å². The predicted molar refractivity (Wildman–Crippen MR) is 72.9 cm³/mol. The van der Waals surface area contributed by atoms with E-state index in [-0.39, 0.29) is 5.91 Å². The van der Waals surface area contributed by atoms with Crippen LogP contribution in [0.2, 0.25) is 0 Å². The van der Waals surface area contributed by atoms with E-state index in [9.17, 15) is 4.79 Å². The van der Waals surface area contributed by atoms with E-state index >= 15 is 0 Å². The normalized spacial score (nSPS) is 19.1. The third-order valence-corrected chi connectivity index (χ3v) is 3.29. The minimum atomic E-state index is -0.0101. The summed E-state index contributed by atoms with van der Waals surface area (Å²) in [6.07, 6.45) is 0. The molecule has 1 atom stereocenters. The fourth-order valence-electron chi connectivity index (χ4n) is 2.34. The number of nitrogens with zero attached hydrogens (tertiary/aromatic N) is 1. The van der Waals surface area contributed by atoms with Gasteiger partial charge < -0.3 is 19.7 Å². The molecule has 0 radical (unpaired) electrons. The monoisotopic (exact) mass is 264 g/mol. The van der Waals surface area contributed by atoms with Gasteiger partial charge in [0, 0.05) is 25.7 Å². The minimum Gasteiger partial charge on any atom is -0.493 e. The number of carbonyl (C=O) groups is 1. The number of nitrogens with one attached hydrogen (secondary N) is 1. The Balaban J connectivity index is 2.28. The quantitative estimate of drug-likeness (QED) is 0.889. The molecule has 5 nitrogen and oxygen atoms in total. The topological polar surface area (TPSA) is 50.8 Å². The Bertz CT molecular complexity index is 462. The summed E-state index contributed by atoms with van der Waals surface area (Å²) in [7, 11) is 3.12. The lowest BCUT2D eigenvalue weighted by atomic mass is 10.1. The number of methoxy groups -OCH3 is 2. The molecule has 1 unspecified atom stereocenters. The van der Waals surface area contributed by atoms with E-state index < -0.39 is 0 Å². The lowest BCUT2D eigenvalue weighted by Crippen LogP contribution is -2.51. The van der Waals surface area contributed by atoms with Gasteiger partial charge in [0.15, 0.2) is 11.5 Å². The molecule has 1 aromatic rings. The summed E-state index contributed by atoms with van der Waals surface area (Å²) >= 11 is 0. The van der Waals surface area contributed by atoms with E-state index in [1.54, 1.807) is 32.4 Å². The molecule has 1 aromatic carbocycles. The first-order valence-electron chi connectivity index (χ1n) is 6.41. The number of ether oxygens (including phenoxy) is 2. The van der Waals surface area contributed by atoms with Crippen LogP contribution < -0.4 is 14.8 Å². The van der Waals surface area contributed by atoms with Crippen molar-refractivity contribution in [3.63, 3.8) is 0 Å². The van der Waals surface area contributed by atoms with Crippen LogP contribution >= 0.6 is 0 Å². The Morgan fingerprint density at radius 2 is 2.16 bits per heavy atom. The van der Waals surface area contributed by atoms with Gasteiger partial charge in [0.1, 0.15) is 0 Å². The average molecular weight is 264 g/mol. The summed E-state index contributed by atoms with van der Waals surface area (Å²) in [5, 5.41) is 3.32. The minimum absolute atomic E-state index is 0.0101. The van der Waals surface area contributed by atoms with Gasteiger partial charge in [-0.2, -0.15) is 0 Å². The first kappa shape index (κ1) is 13.7. The molecule has 5 heteroatoms. The zero-order chi connectivity index (χ0) is 13.8. The second kappa shape index (κ2) is 5.93. The zero-order valence-electron chi connectivity index (χ0n) is 11.6. The molecule has 0 bridgehead atoms. The Hall–Kier alpha value is -1.75. The maximum Gasteiger partial charge on any atom is 0.257 e. The number of amides is 1. The summed E-state index contributed by atoms with van der Waals surface area (Å²) in [5.41, 5.74) is 0.552. The highest BCUT2D eigenvalue weighted by atomic mass is 16.5. The Morgan fingerprint density at radius 1 is 1.37 bits per heavy atom. The van der Waals surface area contributed by atoms with Crippen LogP contribution in [0.3, 0.4) is 0 Å². The van der Waals surface area contributed by atoms with Crippen LogP contribution in [-0.2, 0) is 0 Å². The maximum absolute atomic E-state index is 12.6. The van der Waals surface area contributed by atoms with Gasteiger partial charge in [0.2, 0.25) is 0 Å². The van der Waals surface area contributed by atoms with Gasteiger partial charge in [-0.25, -0.2) is 0 Å². The van der Waals surface area contributed by atoms with E-state index in [1.165, 1.54) is 0 Å². The highest BCUT2D eigenvalue weighted by Gasteiger charge is 2.25. The molecule has 104 valence electrons. The molecule has 1 heterocycles. The number of benzene rings is 1. The molecular formula is C14H20N2O3. The molecule has 1 aliphatic heterocycles. The first-order chi connectivity index (χ1) is 9.17. The maximum atomic E-state index is 12.6. The van der Waals surface area contributed by atoms with Crippen molar-refractivity contribution >= 4 is 5.91 Å². The molecule has 0 aliphatic carbocycles. The molecule has 1 saturated heterocycles. The third kappa shape index (κ3) is 2.81. The molecule has 1 amide bonds. The molecule has 2 rings (SSSR count). The van der Waals surface area contributed by atoms with Crippen molar-refractivity contribution in [2.45, 2.75) is 13.0 Å². The molecular weight excluding hydrogens is 244 g/mol. The van der Waals surface area contributed by atoms with Gasteiger partial charge >= 0.3 is 0 Å². The number of hydrogen-bond donors (Lipinski definition) is 1. The van der Waals surface area contributed by atoms with E-state index in [0.717, 1.165) is 6.54 Å². The third-order valence-electron chi connectivity index (χ3n) is 3.29. The van der Waals surface area contributed by atoms with Gasteiger partial charge in [0.25, 0.3) is 5.91 Å². The second-order valence-corrected chi connectivity index (χ2v) is 4.65. The summed E-state index contributed by atoms with van der Waals surface area (Å²) in [6.45, 7) is 4.31. The smallest absolute Gasteiger partial charge is 0.257 e. The Kier molecular flexibility index (Phi) is 4.27. The van der Waals surface area contributed by atoms with Crippen LogP contribution in [0.4, 0.5) is 0 Å². The van der Waals surface area contributed by atoms with Crippen LogP contribution in [0, 0.1) is 0 Å². The van der Waals surface area contributed by atoms with Crippen LogP contribution in [0.25, 0.3) is 0 Å². The highest BCUT2D eigenvalue weighted by Crippen LogP contribution is 2.31. The molecule has 0 aromatic heterocycles. The second-order valence-electron chi connectivity index (χ2n) is 4.65. The van der Waals surface area contributed by atoms with Crippen molar-refractivity contribution < 1.29 is 14.3 Å². The van der Waals surface area contributed by atoms with Gasteiger partial charge in [0.05, 0.1) is 19.8 Å². The van der Waals surface area contributed by atoms with Crippen molar-refractivity contribution in [2.24, 2.45) is 0 Å². The molecule has 1 N–H and O–H groups in total. The lowest BCUT2D eigenvalue weighted by Gasteiger charge is -2.32. The summed E-state index contributed by atoms with van der Waals surface area (Å²) < 4.78 is 10.5. The van der Waals surface area contributed by atoms with E-state index in [2.05, 4.69) is 12.2 Å². The van der Waals surface area contributed by atoms with Gasteiger partial charge in [-0.05, 0) is 19.1 Å². The largest absolute Gasteiger partial charge is 0.493 e. The van der Waals surface area contributed by atoms with Crippen LogP contribution in [0.1, 0.15) is 17.3 Å². The zero-order valence-corrected chi connectivity index (χ0v) is 11.6. The molecule has 0 spiro atoms. The summed E-state index contributed by atoms with van der Waals surface area (Å²) in [5.74, 6) is 1.07. The number of carbonyl (C=O) groups excluding carboxylic acids is 1. The van der Waals surface area contributed by atoms with Gasteiger partial charge in [-0.15, -0.1) is 0 Å². The average Bonchev–Trinajstić information content (AvgIpc) is 2.45. The van der Waals surface area contributed by atoms with Crippen LogP contribution in [0.5, 0.6) is 11.5 Å². The highest BCUT2D eigenvalue weighted by molar-refractivity contribution is 5.98. The number of rotatable bonds is 3. The fraction of sp³-hybridized carbons (Fsp3) is 0.500. The number of para-hydroxylation sites is 1. The Morgan fingerprint density at radius 3 is 2.79 bits per heavy atom. The molecule has 0 saturated carbocycles. The van der Waals surface area contributed by atoms with E-state index in [1.807, 2.05) is 4.90 Å². The van der Waals surface area contributed by atoms with E-state index in [4.69, 9.17) is 9.47 Å². The molecule has 1 fully saturated rings. The van der Waals surface area contributed by atoms with Gasteiger partial charge in [-0.3, -0.25) is 4.79 Å². The van der Waals surface area contributed by atoms with Gasteiger partial charge in [-0.1, -0.05) is 6.07 Å². The SMILES string of the molecule is COc1cccc(C(=O)N2CCNC(C)C2)c1OC. The summed E-state index contributed by atoms with van der Waals surface area (Å²) in [4.78, 5) is 14.4. The Labute approximate surface area is 113 Å².